The number of carbonyl (C=O) groups excluding carboxylic acids is 3. The molecule has 39 heavy (non-hydrogen) atoms. The van der Waals surface area contributed by atoms with Crippen molar-refractivity contribution in [2.75, 3.05) is 19.8 Å². The second-order valence-corrected chi connectivity index (χ2v) is 9.16. The van der Waals surface area contributed by atoms with Crippen molar-refractivity contribution in [2.24, 2.45) is 0 Å². The van der Waals surface area contributed by atoms with E-state index in [2.05, 4.69) is 18.5 Å². The van der Waals surface area contributed by atoms with Gasteiger partial charge in [0.1, 0.15) is 24.7 Å². The number of allylic oxidation sites excluding steroid dienone is 2. The van der Waals surface area contributed by atoms with Crippen LogP contribution in [0, 0.1) is 0 Å². The first-order chi connectivity index (χ1) is 18.7. The predicted molar refractivity (Wildman–Crippen MR) is 148 cm³/mol. The molecule has 0 aromatic heterocycles. The Labute approximate surface area is 236 Å². The number of halogens is 2. The maximum atomic E-state index is 13.0. The van der Waals surface area contributed by atoms with Crippen molar-refractivity contribution >= 4 is 41.1 Å². The molecule has 2 aromatic carbocycles. The molecule has 0 fully saturated rings. The molecule has 10 heteroatoms. The number of dihydropyridines is 1. The summed E-state index contributed by atoms with van der Waals surface area (Å²) in [5.74, 6) is -2.17. The summed E-state index contributed by atoms with van der Waals surface area (Å²) < 4.78 is 21.4. The second kappa shape index (κ2) is 13.7. The minimum absolute atomic E-state index is 0.000529. The highest BCUT2D eigenvalue weighted by Gasteiger charge is 2.38. The van der Waals surface area contributed by atoms with Gasteiger partial charge in [-0.15, -0.1) is 0 Å². The van der Waals surface area contributed by atoms with Crippen molar-refractivity contribution in [3.63, 3.8) is 0 Å². The number of ether oxygens (including phenoxy) is 4. The van der Waals surface area contributed by atoms with Crippen LogP contribution in [0.1, 0.15) is 25.3 Å². The first-order valence-electron chi connectivity index (χ1n) is 11.8. The second-order valence-electron chi connectivity index (χ2n) is 8.32. The molecule has 0 saturated carbocycles. The Morgan fingerprint density at radius 2 is 1.46 bits per heavy atom. The maximum absolute atomic E-state index is 13.0. The van der Waals surface area contributed by atoms with Crippen LogP contribution >= 0.6 is 23.2 Å². The Morgan fingerprint density at radius 1 is 0.897 bits per heavy atom. The number of carbonyl (C=O) groups is 3. The number of esters is 3. The smallest absolute Gasteiger partial charge is 0.349 e. The quantitative estimate of drug-likeness (QED) is 0.209. The molecule has 0 unspecified atom stereocenters. The van der Waals surface area contributed by atoms with E-state index in [0.717, 1.165) is 0 Å². The summed E-state index contributed by atoms with van der Waals surface area (Å²) in [7, 11) is 0. The van der Waals surface area contributed by atoms with Gasteiger partial charge in [-0.3, -0.25) is 0 Å². The van der Waals surface area contributed by atoms with E-state index < -0.39 is 23.8 Å². The van der Waals surface area contributed by atoms with Gasteiger partial charge in [0.2, 0.25) is 0 Å². The number of benzene rings is 2. The SMILES string of the molecule is C=CCOC(=O)C1=C(C)NC(C)=C(C(=O)OCC=C)C1c1ccc(OC(=O)COc2ccc(Cl)cc2Cl)cc1. The van der Waals surface area contributed by atoms with Gasteiger partial charge in [-0.05, 0) is 49.7 Å². The van der Waals surface area contributed by atoms with Crippen LogP contribution in [0.3, 0.4) is 0 Å². The molecule has 0 aliphatic carbocycles. The highest BCUT2D eigenvalue weighted by atomic mass is 35.5. The summed E-state index contributed by atoms with van der Waals surface area (Å²) in [5, 5.41) is 3.77. The topological polar surface area (TPSA) is 100 Å². The summed E-state index contributed by atoms with van der Waals surface area (Å²) >= 11 is 11.9. The van der Waals surface area contributed by atoms with Gasteiger partial charge in [-0.1, -0.05) is 60.6 Å². The zero-order chi connectivity index (χ0) is 28.5. The van der Waals surface area contributed by atoms with Gasteiger partial charge >= 0.3 is 17.9 Å². The lowest BCUT2D eigenvalue weighted by Gasteiger charge is -2.30. The molecule has 8 nitrogen and oxygen atoms in total. The summed E-state index contributed by atoms with van der Waals surface area (Å²) in [6, 6.07) is 11.0. The van der Waals surface area contributed by atoms with Crippen molar-refractivity contribution in [1.82, 2.24) is 5.32 Å². The van der Waals surface area contributed by atoms with E-state index in [1.54, 1.807) is 50.2 Å². The van der Waals surface area contributed by atoms with Gasteiger partial charge in [-0.25, -0.2) is 14.4 Å². The van der Waals surface area contributed by atoms with E-state index in [9.17, 15) is 14.4 Å². The van der Waals surface area contributed by atoms with Crippen LogP contribution in [0.4, 0.5) is 0 Å². The average molecular weight is 572 g/mol. The first kappa shape index (κ1) is 29.5. The zero-order valence-electron chi connectivity index (χ0n) is 21.4. The van der Waals surface area contributed by atoms with Crippen LogP contribution in [0.25, 0.3) is 0 Å². The van der Waals surface area contributed by atoms with Crippen molar-refractivity contribution in [3.05, 3.63) is 106 Å². The zero-order valence-corrected chi connectivity index (χ0v) is 22.9. The van der Waals surface area contributed by atoms with Crippen LogP contribution in [0.5, 0.6) is 11.5 Å². The third-order valence-electron chi connectivity index (χ3n) is 5.55. The fourth-order valence-electron chi connectivity index (χ4n) is 3.91. The maximum Gasteiger partial charge on any atom is 0.349 e. The van der Waals surface area contributed by atoms with Gasteiger partial charge in [0, 0.05) is 16.4 Å². The molecule has 1 heterocycles. The molecule has 0 amide bonds. The normalized spacial score (nSPS) is 13.3. The molecule has 0 atom stereocenters. The van der Waals surface area contributed by atoms with Crippen molar-refractivity contribution in [2.45, 2.75) is 19.8 Å². The standard InChI is InChI=1S/C29H27Cl2NO7/c1-5-13-36-28(34)25-17(3)32-18(4)26(29(35)37-14-6-2)27(25)19-7-10-21(11-8-19)39-24(33)16-38-23-12-9-20(30)15-22(23)31/h5-12,15,27,32H,1-2,13-14,16H2,3-4H3. The minimum Gasteiger partial charge on any atom is -0.480 e. The predicted octanol–water partition coefficient (Wildman–Crippen LogP) is 5.67. The molecule has 0 spiro atoms. The van der Waals surface area contributed by atoms with Crippen molar-refractivity contribution < 1.29 is 33.3 Å². The largest absolute Gasteiger partial charge is 0.480 e. The summed E-state index contributed by atoms with van der Waals surface area (Å²) in [6.07, 6.45) is 2.90. The van der Waals surface area contributed by atoms with Gasteiger partial charge in [0.15, 0.2) is 6.61 Å². The van der Waals surface area contributed by atoms with Gasteiger partial charge in [0.25, 0.3) is 0 Å². The highest BCUT2D eigenvalue weighted by Crippen LogP contribution is 2.39. The summed E-state index contributed by atoms with van der Waals surface area (Å²) in [5.41, 5.74) is 2.12. The Kier molecular flexibility index (Phi) is 10.4. The fraction of sp³-hybridized carbons (Fsp3) is 0.207. The lowest BCUT2D eigenvalue weighted by Crippen LogP contribution is -2.32. The fourth-order valence-corrected chi connectivity index (χ4v) is 4.37. The van der Waals surface area contributed by atoms with Crippen LogP contribution in [0.15, 0.2) is 90.3 Å². The molecule has 0 radical (unpaired) electrons. The van der Waals surface area contributed by atoms with Crippen LogP contribution in [0.2, 0.25) is 10.0 Å². The third-order valence-corrected chi connectivity index (χ3v) is 6.08. The van der Waals surface area contributed by atoms with E-state index in [-0.39, 0.29) is 47.5 Å². The van der Waals surface area contributed by atoms with E-state index in [4.69, 9.17) is 42.1 Å². The van der Waals surface area contributed by atoms with Crippen molar-refractivity contribution in [3.8, 4) is 11.5 Å². The number of hydrogen-bond acceptors (Lipinski definition) is 8. The van der Waals surface area contributed by atoms with Gasteiger partial charge in [0.05, 0.1) is 22.1 Å². The van der Waals surface area contributed by atoms with Crippen LogP contribution < -0.4 is 14.8 Å². The molecule has 1 N–H and O–H groups in total. The molecule has 0 bridgehead atoms. The molecule has 1 aliphatic rings. The minimum atomic E-state index is -0.805. The van der Waals surface area contributed by atoms with E-state index in [1.165, 1.54) is 18.2 Å². The summed E-state index contributed by atoms with van der Waals surface area (Å²) in [6.45, 7) is 10.2. The summed E-state index contributed by atoms with van der Waals surface area (Å²) in [4.78, 5) is 38.4. The lowest BCUT2D eigenvalue weighted by atomic mass is 9.80. The number of nitrogens with one attached hydrogen (secondary N) is 1. The Morgan fingerprint density at radius 3 is 1.97 bits per heavy atom. The number of hydrogen-bond donors (Lipinski definition) is 1. The van der Waals surface area contributed by atoms with Gasteiger partial charge in [-0.2, -0.15) is 0 Å². The molecular weight excluding hydrogens is 545 g/mol. The first-order valence-corrected chi connectivity index (χ1v) is 12.5. The molecule has 0 saturated heterocycles. The Bertz CT molecular complexity index is 1300. The monoisotopic (exact) mass is 571 g/mol. The highest BCUT2D eigenvalue weighted by molar-refractivity contribution is 6.35. The lowest BCUT2D eigenvalue weighted by molar-refractivity contribution is -0.139. The van der Waals surface area contributed by atoms with E-state index in [0.29, 0.717) is 22.0 Å². The van der Waals surface area contributed by atoms with E-state index in [1.807, 2.05) is 0 Å². The molecule has 204 valence electrons. The van der Waals surface area contributed by atoms with Crippen LogP contribution in [-0.4, -0.2) is 37.7 Å². The Balaban J connectivity index is 1.84. The van der Waals surface area contributed by atoms with Crippen molar-refractivity contribution in [1.29, 1.82) is 0 Å². The molecule has 1 aliphatic heterocycles. The molecule has 2 aromatic rings. The average Bonchev–Trinajstić information content (AvgIpc) is 2.90. The van der Waals surface area contributed by atoms with Crippen LogP contribution in [-0.2, 0) is 23.9 Å². The number of rotatable bonds is 11. The van der Waals surface area contributed by atoms with Gasteiger partial charge < -0.3 is 24.3 Å². The molecular formula is C29H27Cl2NO7. The molecule has 3 rings (SSSR count). The third kappa shape index (κ3) is 7.52. The van der Waals surface area contributed by atoms with E-state index >= 15 is 0 Å². The Hall–Kier alpha value is -4.01.